The summed E-state index contributed by atoms with van der Waals surface area (Å²) in [6, 6.07) is 5.98. The van der Waals surface area contributed by atoms with Crippen molar-refractivity contribution in [3.63, 3.8) is 0 Å². The summed E-state index contributed by atoms with van der Waals surface area (Å²) in [7, 11) is -4.31. The van der Waals surface area contributed by atoms with Crippen molar-refractivity contribution in [3.8, 4) is 0 Å². The van der Waals surface area contributed by atoms with Gasteiger partial charge in [0.25, 0.3) is 10.1 Å². The van der Waals surface area contributed by atoms with Crippen LogP contribution in [0, 0.1) is 0 Å². The van der Waals surface area contributed by atoms with Crippen LogP contribution in [0.3, 0.4) is 0 Å². The summed E-state index contributed by atoms with van der Waals surface area (Å²) in [5, 5.41) is 4.64. The van der Waals surface area contributed by atoms with Gasteiger partial charge in [-0.05, 0) is 24.4 Å². The smallest absolute Gasteiger partial charge is 0.295 e. The molecule has 0 aliphatic carbocycles. The predicted octanol–water partition coefficient (Wildman–Crippen LogP) is 0.649. The molecule has 0 bridgehead atoms. The first kappa shape index (κ1) is 14.3. The van der Waals surface area contributed by atoms with E-state index in [1.165, 1.54) is 30.6 Å². The Hall–Kier alpha value is -2.10. The highest BCUT2D eigenvalue weighted by Gasteiger charge is 2.14. The highest BCUT2D eigenvalue weighted by Crippen LogP contribution is 2.23. The molecule has 2 aromatic rings. The van der Waals surface area contributed by atoms with Gasteiger partial charge in [-0.1, -0.05) is 12.1 Å². The van der Waals surface area contributed by atoms with Crippen molar-refractivity contribution in [1.82, 2.24) is 10.4 Å². The van der Waals surface area contributed by atoms with Crippen LogP contribution in [0.1, 0.15) is 5.69 Å². The molecule has 1 heterocycles. The first-order valence-corrected chi connectivity index (χ1v) is 7.18. The Morgan fingerprint density at radius 1 is 1.40 bits per heavy atom. The first-order valence-electron chi connectivity index (χ1n) is 5.33. The number of nitrogens with two attached hydrogens (primary N) is 1. The molecule has 0 fully saturated rings. The van der Waals surface area contributed by atoms with E-state index < -0.39 is 10.1 Å². The van der Waals surface area contributed by atoms with E-state index in [9.17, 15) is 13.0 Å². The number of rotatable bonds is 3. The molecule has 20 heavy (non-hydrogen) atoms. The van der Waals surface area contributed by atoms with Gasteiger partial charge in [-0.15, -0.1) is 0 Å². The summed E-state index contributed by atoms with van der Waals surface area (Å²) in [6.07, 6.45) is 2.77. The molecule has 0 aliphatic rings. The van der Waals surface area contributed by atoms with Gasteiger partial charge in [0.2, 0.25) is 0 Å². The van der Waals surface area contributed by atoms with E-state index in [1.807, 2.05) is 0 Å². The number of fused-ring (bicyclic) bond motifs is 1. The van der Waals surface area contributed by atoms with Gasteiger partial charge >= 0.3 is 0 Å². The fraction of sp³-hybridized carbons (Fsp3) is 0. The number of hydrogen-bond acceptors (Lipinski definition) is 5. The van der Waals surface area contributed by atoms with E-state index in [0.717, 1.165) is 0 Å². The minimum atomic E-state index is -4.31. The number of nitrogens with one attached hydrogen (secondary N) is 1. The normalized spacial score (nSPS) is 11.8. The number of benzene rings is 1. The van der Waals surface area contributed by atoms with Gasteiger partial charge in [0, 0.05) is 17.0 Å². The largest absolute Gasteiger partial charge is 0.375 e. The number of thiocarbonyl (C=S) groups is 1. The van der Waals surface area contributed by atoms with Crippen LogP contribution in [0.25, 0.3) is 10.8 Å². The molecule has 0 aliphatic heterocycles. The second kappa shape index (κ2) is 5.49. The van der Waals surface area contributed by atoms with Crippen LogP contribution < -0.4 is 11.2 Å². The zero-order chi connectivity index (χ0) is 14.8. The molecule has 0 saturated carbocycles. The lowest BCUT2D eigenvalue weighted by atomic mass is 10.1. The van der Waals surface area contributed by atoms with Crippen molar-refractivity contribution >= 4 is 44.4 Å². The van der Waals surface area contributed by atoms with Crippen LogP contribution in [0.2, 0.25) is 0 Å². The molecule has 0 spiro atoms. The summed E-state index contributed by atoms with van der Waals surface area (Å²) < 4.78 is 31.8. The highest BCUT2D eigenvalue weighted by molar-refractivity contribution is 7.86. The average molecular weight is 310 g/mol. The summed E-state index contributed by atoms with van der Waals surface area (Å²) in [5.74, 6) is 0. The SMILES string of the molecule is NC(=S)N/N=C/c1nccc2c(S(=O)(=O)O)cccc12. The Bertz CT molecular complexity index is 802. The van der Waals surface area contributed by atoms with E-state index in [0.29, 0.717) is 16.5 Å². The lowest BCUT2D eigenvalue weighted by Crippen LogP contribution is -2.24. The molecular formula is C11H10N4O3S2. The van der Waals surface area contributed by atoms with E-state index in [2.05, 4.69) is 27.7 Å². The van der Waals surface area contributed by atoms with Gasteiger partial charge in [-0.3, -0.25) is 15.0 Å². The van der Waals surface area contributed by atoms with Gasteiger partial charge < -0.3 is 5.73 Å². The van der Waals surface area contributed by atoms with Gasteiger partial charge in [-0.25, -0.2) is 0 Å². The van der Waals surface area contributed by atoms with Gasteiger partial charge in [-0.2, -0.15) is 13.5 Å². The molecule has 0 saturated heterocycles. The minimum Gasteiger partial charge on any atom is -0.375 e. The fourth-order valence-corrected chi connectivity index (χ4v) is 2.44. The second-order valence-electron chi connectivity index (χ2n) is 3.76. The zero-order valence-electron chi connectivity index (χ0n) is 10.0. The van der Waals surface area contributed by atoms with Crippen molar-refractivity contribution in [3.05, 3.63) is 36.2 Å². The lowest BCUT2D eigenvalue weighted by molar-refractivity contribution is 0.484. The standard InChI is InChI=1S/C11H10N4O3S2/c12-11(19)15-14-6-9-7-2-1-3-10(20(16,17)18)8(7)4-5-13-9/h1-6H,(H3,12,15,19)(H,16,17,18)/b14-6+. The molecule has 9 heteroatoms. The quantitative estimate of drug-likeness (QED) is 0.330. The number of hydrogen-bond donors (Lipinski definition) is 3. The first-order chi connectivity index (χ1) is 9.39. The number of aromatic nitrogens is 1. The number of nitrogens with zero attached hydrogens (tertiary/aromatic N) is 2. The van der Waals surface area contributed by atoms with Gasteiger partial charge in [0.05, 0.1) is 11.9 Å². The van der Waals surface area contributed by atoms with E-state index >= 15 is 0 Å². The van der Waals surface area contributed by atoms with Crippen molar-refractivity contribution in [2.24, 2.45) is 10.8 Å². The Balaban J connectivity index is 2.60. The van der Waals surface area contributed by atoms with Crippen LogP contribution in [0.15, 0.2) is 40.5 Å². The maximum absolute atomic E-state index is 11.3. The summed E-state index contributed by atoms with van der Waals surface area (Å²) in [4.78, 5) is 3.89. The zero-order valence-corrected chi connectivity index (χ0v) is 11.6. The van der Waals surface area contributed by atoms with E-state index in [4.69, 9.17) is 5.73 Å². The number of pyridine rings is 1. The van der Waals surface area contributed by atoms with Crippen LogP contribution in [-0.2, 0) is 10.1 Å². The third kappa shape index (κ3) is 3.07. The van der Waals surface area contributed by atoms with Crippen LogP contribution >= 0.6 is 12.2 Å². The molecule has 0 atom stereocenters. The predicted molar refractivity (Wildman–Crippen MR) is 79.1 cm³/mol. The Morgan fingerprint density at radius 2 is 2.15 bits per heavy atom. The average Bonchev–Trinajstić information content (AvgIpc) is 2.36. The van der Waals surface area contributed by atoms with Crippen LogP contribution in [0.5, 0.6) is 0 Å². The molecule has 0 radical (unpaired) electrons. The summed E-state index contributed by atoms with van der Waals surface area (Å²) in [6.45, 7) is 0. The van der Waals surface area contributed by atoms with Crippen molar-refractivity contribution in [2.75, 3.05) is 0 Å². The van der Waals surface area contributed by atoms with Crippen molar-refractivity contribution in [1.29, 1.82) is 0 Å². The lowest BCUT2D eigenvalue weighted by Gasteiger charge is -2.05. The van der Waals surface area contributed by atoms with E-state index in [-0.39, 0.29) is 10.0 Å². The monoisotopic (exact) mass is 310 g/mol. The second-order valence-corrected chi connectivity index (χ2v) is 5.59. The van der Waals surface area contributed by atoms with Crippen LogP contribution in [-0.4, -0.2) is 29.3 Å². The molecule has 0 unspecified atom stereocenters. The van der Waals surface area contributed by atoms with Gasteiger partial charge in [0.1, 0.15) is 4.90 Å². The molecule has 7 nitrogen and oxygen atoms in total. The minimum absolute atomic E-state index is 0.000103. The third-order valence-corrected chi connectivity index (χ3v) is 3.44. The highest BCUT2D eigenvalue weighted by atomic mass is 32.2. The Morgan fingerprint density at radius 3 is 2.80 bits per heavy atom. The molecule has 104 valence electrons. The molecule has 2 rings (SSSR count). The molecule has 4 N–H and O–H groups in total. The van der Waals surface area contributed by atoms with Crippen molar-refractivity contribution < 1.29 is 13.0 Å². The number of hydrazone groups is 1. The maximum Gasteiger partial charge on any atom is 0.295 e. The summed E-state index contributed by atoms with van der Waals surface area (Å²) >= 11 is 4.60. The topological polar surface area (TPSA) is 118 Å². The molecule has 1 aromatic carbocycles. The molecule has 1 aromatic heterocycles. The summed E-state index contributed by atoms with van der Waals surface area (Å²) in [5.41, 5.74) is 8.01. The third-order valence-electron chi connectivity index (χ3n) is 2.44. The van der Waals surface area contributed by atoms with Crippen molar-refractivity contribution in [2.45, 2.75) is 4.90 Å². The van der Waals surface area contributed by atoms with Gasteiger partial charge in [0.15, 0.2) is 5.11 Å². The Labute approximate surface area is 120 Å². The molecule has 0 amide bonds. The Kier molecular flexibility index (Phi) is 3.93. The fourth-order valence-electron chi connectivity index (χ4n) is 1.69. The maximum atomic E-state index is 11.3. The molecular weight excluding hydrogens is 300 g/mol. The van der Waals surface area contributed by atoms with Crippen LogP contribution in [0.4, 0.5) is 0 Å². The van der Waals surface area contributed by atoms with E-state index in [1.54, 1.807) is 6.07 Å².